The fraction of sp³-hybridized carbons (Fsp3) is 0.826. The van der Waals surface area contributed by atoms with E-state index in [4.69, 9.17) is 13.8 Å². The number of unbranched alkanes of at least 4 members (excludes halogenated alkanes) is 37. The Bertz CT molecular complexity index is 1540. The third kappa shape index (κ3) is 60.1. The molecule has 3 atom stereocenters. The zero-order valence-electron chi connectivity index (χ0n) is 52.9. The number of likely N-dealkylation sites (N-methyl/N-ethyl adjacent to an activating group) is 1. The molecule has 0 aliphatic heterocycles. The van der Waals surface area contributed by atoms with Crippen LogP contribution in [0.2, 0.25) is 0 Å². The average molecular weight is 1130 g/mol. The molecule has 0 aromatic rings. The van der Waals surface area contributed by atoms with Gasteiger partial charge >= 0.3 is 13.8 Å². The molecule has 0 aromatic heterocycles. The molecule has 3 unspecified atom stereocenters. The Morgan fingerprint density at radius 3 is 1.19 bits per heavy atom. The summed E-state index contributed by atoms with van der Waals surface area (Å²) in [7, 11) is 1.49. The summed E-state index contributed by atoms with van der Waals surface area (Å²) in [5.41, 5.74) is 0. The number of hydrogen-bond acceptors (Lipinski definition) is 6. The Kier molecular flexibility index (Phi) is 57.2. The predicted octanol–water partition coefficient (Wildman–Crippen LogP) is 21.0. The van der Waals surface area contributed by atoms with Gasteiger partial charge in [0.05, 0.1) is 33.8 Å². The minimum Gasteiger partial charge on any atom is -0.456 e. The van der Waals surface area contributed by atoms with Gasteiger partial charge in [-0.2, -0.15) is 0 Å². The van der Waals surface area contributed by atoms with E-state index in [9.17, 15) is 19.0 Å². The van der Waals surface area contributed by atoms with Crippen molar-refractivity contribution in [3.8, 4) is 0 Å². The van der Waals surface area contributed by atoms with Gasteiger partial charge in [-0.1, -0.05) is 268 Å². The summed E-state index contributed by atoms with van der Waals surface area (Å²) < 4.78 is 30.7. The number of carbonyl (C=O) groups is 2. The number of quaternary nitrogens is 1. The van der Waals surface area contributed by atoms with Crippen LogP contribution in [0.3, 0.4) is 0 Å². The van der Waals surface area contributed by atoms with Gasteiger partial charge in [0.15, 0.2) is 0 Å². The number of phosphoric acid groups is 1. The lowest BCUT2D eigenvalue weighted by Crippen LogP contribution is -2.47. The lowest BCUT2D eigenvalue weighted by molar-refractivity contribution is -0.870. The van der Waals surface area contributed by atoms with Crippen LogP contribution in [-0.2, 0) is 27.9 Å². The fourth-order valence-electron chi connectivity index (χ4n) is 9.71. The molecule has 462 valence electrons. The monoisotopic (exact) mass is 1130 g/mol. The van der Waals surface area contributed by atoms with Gasteiger partial charge < -0.3 is 19.4 Å². The van der Waals surface area contributed by atoms with Gasteiger partial charge in [0.25, 0.3) is 0 Å². The van der Waals surface area contributed by atoms with Crippen LogP contribution < -0.4 is 5.32 Å². The third-order valence-electron chi connectivity index (χ3n) is 14.9. The molecule has 0 spiro atoms. The van der Waals surface area contributed by atoms with Crippen molar-refractivity contribution in [1.82, 2.24) is 5.32 Å². The van der Waals surface area contributed by atoms with Gasteiger partial charge in [-0.05, 0) is 96.0 Å². The lowest BCUT2D eigenvalue weighted by Gasteiger charge is -2.27. The van der Waals surface area contributed by atoms with Crippen LogP contribution in [0.25, 0.3) is 0 Å². The van der Waals surface area contributed by atoms with E-state index in [1.165, 1.54) is 199 Å². The summed E-state index contributed by atoms with van der Waals surface area (Å²) in [6.45, 7) is 6.99. The van der Waals surface area contributed by atoms with Crippen molar-refractivity contribution in [3.63, 3.8) is 0 Å². The van der Waals surface area contributed by atoms with Crippen LogP contribution in [0.4, 0.5) is 0 Å². The Labute approximate surface area is 490 Å². The Morgan fingerprint density at radius 2 is 0.772 bits per heavy atom. The molecule has 1 amide bonds. The second-order valence-electron chi connectivity index (χ2n) is 24.0. The molecule has 0 fully saturated rings. The Hall–Kier alpha value is -2.29. The number of phosphoric ester groups is 1. The first-order chi connectivity index (χ1) is 38.4. The van der Waals surface area contributed by atoms with E-state index in [1.54, 1.807) is 0 Å². The molecule has 0 aliphatic carbocycles. The van der Waals surface area contributed by atoms with Crippen molar-refractivity contribution in [3.05, 3.63) is 60.8 Å². The zero-order chi connectivity index (χ0) is 57.9. The number of amides is 1. The van der Waals surface area contributed by atoms with Crippen molar-refractivity contribution in [2.75, 3.05) is 40.9 Å². The zero-order valence-corrected chi connectivity index (χ0v) is 53.8. The first kappa shape index (κ1) is 76.7. The van der Waals surface area contributed by atoms with Gasteiger partial charge in [0.1, 0.15) is 19.3 Å². The molecule has 0 aliphatic rings. The fourth-order valence-corrected chi connectivity index (χ4v) is 10.4. The molecule has 9 nitrogen and oxygen atoms in total. The largest absolute Gasteiger partial charge is 0.472 e. The van der Waals surface area contributed by atoms with Crippen LogP contribution in [0.15, 0.2) is 60.8 Å². The van der Waals surface area contributed by atoms with Crippen LogP contribution in [-0.4, -0.2) is 74.3 Å². The number of nitrogens with one attached hydrogen (secondary N) is 1. The van der Waals surface area contributed by atoms with Crippen molar-refractivity contribution in [2.24, 2.45) is 0 Å². The summed E-state index contributed by atoms with van der Waals surface area (Å²) in [5.74, 6) is -0.522. The molecule has 0 rings (SSSR count). The molecule has 0 aromatic carbocycles. The molecule has 0 radical (unpaired) electrons. The average Bonchev–Trinajstić information content (AvgIpc) is 3.41. The van der Waals surface area contributed by atoms with Gasteiger partial charge in [-0.25, -0.2) is 4.57 Å². The minimum atomic E-state index is -4.45. The highest BCUT2D eigenvalue weighted by Crippen LogP contribution is 2.43. The van der Waals surface area contributed by atoms with Crippen molar-refractivity contribution >= 4 is 19.7 Å². The summed E-state index contributed by atoms with van der Waals surface area (Å²) in [6, 6.07) is -0.858. The van der Waals surface area contributed by atoms with Gasteiger partial charge in [-0.15, -0.1) is 0 Å². The maximum Gasteiger partial charge on any atom is 0.472 e. The number of carbonyl (C=O) groups excluding carboxylic acids is 2. The summed E-state index contributed by atoms with van der Waals surface area (Å²) in [5, 5.41) is 3.06. The summed E-state index contributed by atoms with van der Waals surface area (Å²) >= 11 is 0. The van der Waals surface area contributed by atoms with Crippen LogP contribution in [0, 0.1) is 0 Å². The van der Waals surface area contributed by atoms with E-state index in [2.05, 4.69) is 74.7 Å². The van der Waals surface area contributed by atoms with E-state index in [0.29, 0.717) is 23.9 Å². The topological polar surface area (TPSA) is 111 Å². The number of esters is 1. The third-order valence-corrected chi connectivity index (χ3v) is 15.9. The van der Waals surface area contributed by atoms with Crippen LogP contribution >= 0.6 is 7.82 Å². The quantitative estimate of drug-likeness (QED) is 0.0205. The van der Waals surface area contributed by atoms with Crippen LogP contribution in [0.1, 0.15) is 316 Å². The van der Waals surface area contributed by atoms with Crippen molar-refractivity contribution in [1.29, 1.82) is 0 Å². The molecule has 0 saturated carbocycles. The van der Waals surface area contributed by atoms with Gasteiger partial charge in [0, 0.05) is 12.8 Å². The van der Waals surface area contributed by atoms with E-state index in [0.717, 1.165) is 77.0 Å². The number of hydrogen-bond donors (Lipinski definition) is 2. The Morgan fingerprint density at radius 1 is 0.443 bits per heavy atom. The lowest BCUT2D eigenvalue weighted by atomic mass is 10.0. The van der Waals surface area contributed by atoms with Gasteiger partial charge in [-0.3, -0.25) is 18.6 Å². The SMILES string of the molecule is CCCCC/C=C\C/C=C\C/C=C\CCCCCCC(=O)OC(/C=C\CCCCCCCCCCC)C(COP(=O)(O)OCC[N+](C)(C)C)NC(=O)CCCCCCCCCCCCCCCCC/C=C/CCCCCCCC. The summed E-state index contributed by atoms with van der Waals surface area (Å²) in [4.78, 5) is 37.8. The maximum absolute atomic E-state index is 13.6. The van der Waals surface area contributed by atoms with Crippen LogP contribution in [0.5, 0.6) is 0 Å². The molecular weight excluding hydrogens is 1000 g/mol. The van der Waals surface area contributed by atoms with Gasteiger partial charge in [0.2, 0.25) is 5.91 Å². The molecule has 0 bridgehead atoms. The standard InChI is InChI=1S/C69H129N2O7P/c1-7-10-13-16-19-22-25-27-29-31-32-33-34-35-36-37-38-40-41-43-46-49-52-55-58-61-68(72)70-66(65-77-79(74,75)76-64-63-71(4,5)6)67(60-57-54-51-48-45-24-21-18-15-12-9-3)78-69(73)62-59-56-53-50-47-44-42-39-30-28-26-23-20-17-14-11-8-2/h20,23,27-30,42,44,57,60,66-67H,7-19,21-22,24-26,31-41,43,45-56,58-59,61-65H2,1-6H3,(H-,70,72,74,75)/p+1/b23-20-,29-27+,30-28-,44-42-,60-57-. The van der Waals surface area contributed by atoms with E-state index >= 15 is 0 Å². The first-order valence-corrected chi connectivity index (χ1v) is 35.1. The second-order valence-corrected chi connectivity index (χ2v) is 25.4. The number of nitrogens with zero attached hydrogens (tertiary/aromatic N) is 1. The maximum atomic E-state index is 13.6. The van der Waals surface area contributed by atoms with Crippen molar-refractivity contribution in [2.45, 2.75) is 328 Å². The van der Waals surface area contributed by atoms with E-state index in [1.807, 2.05) is 33.3 Å². The number of allylic oxidation sites excluding steroid dienone is 9. The molecule has 10 heteroatoms. The predicted molar refractivity (Wildman–Crippen MR) is 342 cm³/mol. The normalized spacial score (nSPS) is 14.0. The minimum absolute atomic E-state index is 0.0362. The smallest absolute Gasteiger partial charge is 0.456 e. The molecule has 0 heterocycles. The highest BCUT2D eigenvalue weighted by atomic mass is 31.2. The molecule has 2 N–H and O–H groups in total. The number of rotatable bonds is 61. The highest BCUT2D eigenvalue weighted by Gasteiger charge is 2.30. The molecule has 79 heavy (non-hydrogen) atoms. The van der Waals surface area contributed by atoms with E-state index in [-0.39, 0.29) is 31.5 Å². The molecular formula is C69H130N2O7P+. The molecule has 0 saturated heterocycles. The van der Waals surface area contributed by atoms with E-state index < -0.39 is 20.0 Å². The second kappa shape index (κ2) is 58.9. The van der Waals surface area contributed by atoms with Crippen molar-refractivity contribution < 1.29 is 37.3 Å². The highest BCUT2D eigenvalue weighted by molar-refractivity contribution is 7.47. The summed E-state index contributed by atoms with van der Waals surface area (Å²) in [6.07, 6.45) is 75.2. The Balaban J connectivity index is 5.07. The first-order valence-electron chi connectivity index (χ1n) is 33.6. The number of ether oxygens (including phenoxy) is 1.